The lowest BCUT2D eigenvalue weighted by Gasteiger charge is -2.22. The first kappa shape index (κ1) is 14.9. The summed E-state index contributed by atoms with van der Waals surface area (Å²) in [6, 6.07) is 7.83. The third-order valence-electron chi connectivity index (χ3n) is 4.18. The van der Waals surface area contributed by atoms with E-state index in [9.17, 15) is 9.59 Å². The van der Waals surface area contributed by atoms with Gasteiger partial charge in [0.1, 0.15) is 6.04 Å². The Kier molecular flexibility index (Phi) is 4.34. The Bertz CT molecular complexity index is 722. The molecule has 3 rings (SSSR count). The normalized spacial score (nSPS) is 17.8. The fourth-order valence-electron chi connectivity index (χ4n) is 3.04. The number of hydrogen-bond acceptors (Lipinski definition) is 3. The smallest absolute Gasteiger partial charge is 0.267 e. The molecule has 0 saturated carbocycles. The first-order valence-electron chi connectivity index (χ1n) is 7.46. The van der Waals surface area contributed by atoms with Crippen molar-refractivity contribution < 1.29 is 9.59 Å². The maximum Gasteiger partial charge on any atom is 0.267 e. The molecule has 1 aliphatic heterocycles. The van der Waals surface area contributed by atoms with E-state index in [1.165, 1.54) is 15.6 Å². The summed E-state index contributed by atoms with van der Waals surface area (Å²) >= 11 is 1.70. The lowest BCUT2D eigenvalue weighted by Crippen LogP contribution is -2.39. The summed E-state index contributed by atoms with van der Waals surface area (Å²) in [7, 11) is 0. The van der Waals surface area contributed by atoms with E-state index in [0.717, 1.165) is 6.42 Å². The van der Waals surface area contributed by atoms with Crippen LogP contribution in [0.2, 0.25) is 0 Å². The van der Waals surface area contributed by atoms with Crippen LogP contribution in [0.1, 0.15) is 24.8 Å². The van der Waals surface area contributed by atoms with E-state index in [0.29, 0.717) is 25.8 Å². The van der Waals surface area contributed by atoms with Crippen molar-refractivity contribution in [1.29, 1.82) is 0 Å². The molecule has 22 heavy (non-hydrogen) atoms. The maximum absolute atomic E-state index is 12.4. The van der Waals surface area contributed by atoms with Crippen LogP contribution in [-0.2, 0) is 16.0 Å². The predicted octanol–water partition coefficient (Wildman–Crippen LogP) is 3.05. The highest BCUT2D eigenvalue weighted by molar-refractivity contribution is 7.17. The van der Waals surface area contributed by atoms with Crippen molar-refractivity contribution in [3.63, 3.8) is 0 Å². The number of hydrogen-bond donors (Lipinski definition) is 0. The number of nitrogens with zero attached hydrogens (tertiary/aromatic N) is 2. The molecular weight excluding hydrogens is 296 g/mol. The van der Waals surface area contributed by atoms with Crippen molar-refractivity contribution in [2.24, 2.45) is 4.99 Å². The molecule has 5 heteroatoms. The number of aryl methyl sites for hydroxylation is 1. The van der Waals surface area contributed by atoms with Gasteiger partial charge in [0, 0.05) is 17.7 Å². The number of likely N-dealkylation sites (tertiary alicyclic amines) is 1. The van der Waals surface area contributed by atoms with Gasteiger partial charge in [0.25, 0.3) is 5.91 Å². The molecule has 1 fully saturated rings. The summed E-state index contributed by atoms with van der Waals surface area (Å²) in [6.07, 6.45) is 2.70. The van der Waals surface area contributed by atoms with Crippen molar-refractivity contribution >= 4 is 40.0 Å². The van der Waals surface area contributed by atoms with Gasteiger partial charge in [-0.3, -0.25) is 9.59 Å². The molecule has 1 aromatic carbocycles. The number of carbonyl (C=O) groups is 2. The highest BCUT2D eigenvalue weighted by atomic mass is 32.1. The van der Waals surface area contributed by atoms with Gasteiger partial charge in [-0.05, 0) is 48.4 Å². The van der Waals surface area contributed by atoms with E-state index in [-0.39, 0.29) is 11.8 Å². The minimum Gasteiger partial charge on any atom is -0.331 e. The van der Waals surface area contributed by atoms with Crippen LogP contribution in [0.4, 0.5) is 0 Å². The molecule has 0 aliphatic carbocycles. The quantitative estimate of drug-likeness (QED) is 0.814. The minimum atomic E-state index is -0.399. The van der Waals surface area contributed by atoms with Crippen LogP contribution in [0.15, 0.2) is 34.6 Å². The Hall–Kier alpha value is -2.01. The van der Waals surface area contributed by atoms with E-state index in [1.807, 2.05) is 12.1 Å². The molecule has 0 radical (unpaired) electrons. The third kappa shape index (κ3) is 2.81. The van der Waals surface area contributed by atoms with Gasteiger partial charge in [0.2, 0.25) is 5.91 Å². The Labute approximate surface area is 133 Å². The lowest BCUT2D eigenvalue weighted by molar-refractivity contribution is -0.137. The summed E-state index contributed by atoms with van der Waals surface area (Å²) in [6.45, 7) is 3.93. The van der Waals surface area contributed by atoms with Crippen molar-refractivity contribution in [3.8, 4) is 0 Å². The third-order valence-corrected chi connectivity index (χ3v) is 5.20. The number of benzene rings is 1. The fourth-order valence-corrected chi connectivity index (χ4v) is 4.04. The summed E-state index contributed by atoms with van der Waals surface area (Å²) in [4.78, 5) is 29.3. The Morgan fingerprint density at radius 1 is 1.36 bits per heavy atom. The first-order valence-corrected chi connectivity index (χ1v) is 8.34. The molecule has 2 amide bonds. The van der Waals surface area contributed by atoms with Crippen LogP contribution in [0.5, 0.6) is 0 Å². The standard InChI is InChI=1S/C17H18N2O2S/c1-18-17(21)14-6-4-10-19(14)16(20)9-8-12-11-22-15-7-3-2-5-13(12)15/h2-3,5,7,11,14H,1,4,6,8-10H2/t14-/m0/s1. The molecular formula is C17H18N2O2S. The number of rotatable bonds is 4. The predicted molar refractivity (Wildman–Crippen MR) is 89.4 cm³/mol. The average molecular weight is 314 g/mol. The Balaban J connectivity index is 1.67. The van der Waals surface area contributed by atoms with Gasteiger partial charge >= 0.3 is 0 Å². The maximum atomic E-state index is 12.4. The zero-order chi connectivity index (χ0) is 15.5. The molecule has 0 N–H and O–H groups in total. The van der Waals surface area contributed by atoms with Crippen LogP contribution < -0.4 is 0 Å². The largest absolute Gasteiger partial charge is 0.331 e. The van der Waals surface area contributed by atoms with E-state index < -0.39 is 6.04 Å². The van der Waals surface area contributed by atoms with E-state index in [4.69, 9.17) is 0 Å². The SMILES string of the molecule is C=NC(=O)[C@@H]1CCCN1C(=O)CCc1csc2ccccc12. The average Bonchev–Trinajstić information content (AvgIpc) is 3.19. The van der Waals surface area contributed by atoms with Gasteiger partial charge < -0.3 is 4.90 Å². The van der Waals surface area contributed by atoms with Crippen LogP contribution >= 0.6 is 11.3 Å². The van der Waals surface area contributed by atoms with E-state index >= 15 is 0 Å². The summed E-state index contributed by atoms with van der Waals surface area (Å²) < 4.78 is 1.25. The van der Waals surface area contributed by atoms with Crippen molar-refractivity contribution in [2.75, 3.05) is 6.54 Å². The topological polar surface area (TPSA) is 49.7 Å². The van der Waals surface area contributed by atoms with Crippen LogP contribution in [0.25, 0.3) is 10.1 Å². The zero-order valence-corrected chi connectivity index (χ0v) is 13.1. The molecule has 0 unspecified atom stereocenters. The van der Waals surface area contributed by atoms with Crippen LogP contribution in [-0.4, -0.2) is 36.0 Å². The molecule has 4 nitrogen and oxygen atoms in total. The second kappa shape index (κ2) is 6.40. The monoisotopic (exact) mass is 314 g/mol. The molecule has 2 aromatic rings. The Morgan fingerprint density at radius 3 is 3.00 bits per heavy atom. The van der Waals surface area contributed by atoms with Gasteiger partial charge in [0.15, 0.2) is 0 Å². The highest BCUT2D eigenvalue weighted by Crippen LogP contribution is 2.27. The molecule has 0 spiro atoms. The van der Waals surface area contributed by atoms with Gasteiger partial charge in [-0.25, -0.2) is 4.99 Å². The number of amides is 2. The van der Waals surface area contributed by atoms with Crippen molar-refractivity contribution in [2.45, 2.75) is 31.7 Å². The molecule has 114 valence electrons. The first-order chi connectivity index (χ1) is 10.7. The summed E-state index contributed by atoms with van der Waals surface area (Å²) in [5, 5.41) is 3.35. The van der Waals surface area contributed by atoms with Gasteiger partial charge in [-0.1, -0.05) is 18.2 Å². The van der Waals surface area contributed by atoms with Crippen LogP contribution in [0.3, 0.4) is 0 Å². The highest BCUT2D eigenvalue weighted by Gasteiger charge is 2.33. The molecule has 1 aliphatic rings. The molecule has 1 atom stereocenters. The fraction of sp³-hybridized carbons (Fsp3) is 0.353. The van der Waals surface area contributed by atoms with E-state index in [1.54, 1.807) is 16.2 Å². The van der Waals surface area contributed by atoms with Crippen molar-refractivity contribution in [1.82, 2.24) is 4.90 Å². The van der Waals surface area contributed by atoms with E-state index in [2.05, 4.69) is 29.2 Å². The molecule has 0 bridgehead atoms. The second-order valence-electron chi connectivity index (χ2n) is 5.50. The van der Waals surface area contributed by atoms with Crippen LogP contribution in [0, 0.1) is 0 Å². The van der Waals surface area contributed by atoms with Gasteiger partial charge in [0.05, 0.1) is 0 Å². The van der Waals surface area contributed by atoms with Gasteiger partial charge in [-0.2, -0.15) is 0 Å². The van der Waals surface area contributed by atoms with Crippen molar-refractivity contribution in [3.05, 3.63) is 35.2 Å². The molecule has 2 heterocycles. The lowest BCUT2D eigenvalue weighted by atomic mass is 10.1. The molecule has 1 aromatic heterocycles. The number of carbonyl (C=O) groups excluding carboxylic acids is 2. The number of aliphatic imine (C=N–C) groups is 1. The summed E-state index contributed by atoms with van der Waals surface area (Å²) in [5.74, 6) is -0.249. The minimum absolute atomic E-state index is 0.0368. The number of fused-ring (bicyclic) bond motifs is 1. The summed E-state index contributed by atoms with van der Waals surface area (Å²) in [5.41, 5.74) is 1.21. The van der Waals surface area contributed by atoms with Gasteiger partial charge in [-0.15, -0.1) is 11.3 Å². The second-order valence-corrected chi connectivity index (χ2v) is 6.41. The Morgan fingerprint density at radius 2 is 2.18 bits per heavy atom. The number of thiophene rings is 1. The zero-order valence-electron chi connectivity index (χ0n) is 12.3. The molecule has 1 saturated heterocycles.